The highest BCUT2D eigenvalue weighted by Crippen LogP contribution is 2.22. The first-order valence-electron chi connectivity index (χ1n) is 7.50. The van der Waals surface area contributed by atoms with Crippen LogP contribution in [0.5, 0.6) is 0 Å². The van der Waals surface area contributed by atoms with Gasteiger partial charge in [0.15, 0.2) is 0 Å². The Morgan fingerprint density at radius 3 is 2.26 bits per heavy atom. The van der Waals surface area contributed by atoms with Crippen molar-refractivity contribution in [1.82, 2.24) is 9.80 Å². The summed E-state index contributed by atoms with van der Waals surface area (Å²) in [5, 5.41) is 0. The fourth-order valence-electron chi connectivity index (χ4n) is 2.80. The standard InChI is InChI=1S/C16H27N3/c1-3-15-4-6-16(7-5-15)14(2)19-12-10-18(9-8-17)11-13-19/h4-7,14H,3,8-13,17H2,1-2H3. The third-order valence-electron chi connectivity index (χ3n) is 4.27. The quantitative estimate of drug-likeness (QED) is 0.878. The van der Waals surface area contributed by atoms with Crippen molar-refractivity contribution in [2.45, 2.75) is 26.3 Å². The molecule has 1 aliphatic heterocycles. The van der Waals surface area contributed by atoms with Crippen LogP contribution in [0, 0.1) is 0 Å². The number of nitrogens with two attached hydrogens (primary N) is 1. The summed E-state index contributed by atoms with van der Waals surface area (Å²) in [4.78, 5) is 5.04. The number of piperazine rings is 1. The second kappa shape index (κ2) is 7.04. The van der Waals surface area contributed by atoms with Crippen molar-refractivity contribution in [1.29, 1.82) is 0 Å². The highest BCUT2D eigenvalue weighted by Gasteiger charge is 2.21. The van der Waals surface area contributed by atoms with E-state index < -0.39 is 0 Å². The van der Waals surface area contributed by atoms with E-state index in [9.17, 15) is 0 Å². The smallest absolute Gasteiger partial charge is 0.0320 e. The van der Waals surface area contributed by atoms with E-state index in [4.69, 9.17) is 5.73 Å². The van der Waals surface area contributed by atoms with E-state index >= 15 is 0 Å². The van der Waals surface area contributed by atoms with Gasteiger partial charge in [0.1, 0.15) is 0 Å². The molecular formula is C16H27N3. The van der Waals surface area contributed by atoms with E-state index in [1.54, 1.807) is 0 Å². The van der Waals surface area contributed by atoms with Crippen molar-refractivity contribution < 1.29 is 0 Å². The van der Waals surface area contributed by atoms with Crippen molar-refractivity contribution in [3.05, 3.63) is 35.4 Å². The number of benzene rings is 1. The monoisotopic (exact) mass is 261 g/mol. The van der Waals surface area contributed by atoms with Crippen LogP contribution in [0.1, 0.15) is 31.0 Å². The van der Waals surface area contributed by atoms with E-state index in [-0.39, 0.29) is 0 Å². The second-order valence-corrected chi connectivity index (χ2v) is 5.44. The topological polar surface area (TPSA) is 32.5 Å². The first-order valence-corrected chi connectivity index (χ1v) is 7.50. The zero-order valence-corrected chi connectivity index (χ0v) is 12.3. The van der Waals surface area contributed by atoms with Crippen LogP contribution < -0.4 is 5.73 Å². The van der Waals surface area contributed by atoms with Crippen LogP contribution in [-0.2, 0) is 6.42 Å². The average molecular weight is 261 g/mol. The van der Waals surface area contributed by atoms with Crippen LogP contribution in [0.2, 0.25) is 0 Å². The molecule has 1 aliphatic rings. The van der Waals surface area contributed by atoms with Crippen LogP contribution >= 0.6 is 0 Å². The van der Waals surface area contributed by atoms with Gasteiger partial charge in [0.2, 0.25) is 0 Å². The van der Waals surface area contributed by atoms with Gasteiger partial charge in [-0.05, 0) is 24.5 Å². The molecule has 1 saturated heterocycles. The molecule has 2 rings (SSSR count). The normalized spacial score (nSPS) is 19.5. The summed E-state index contributed by atoms with van der Waals surface area (Å²) in [6, 6.07) is 9.62. The number of hydrogen-bond acceptors (Lipinski definition) is 3. The largest absolute Gasteiger partial charge is 0.329 e. The van der Waals surface area contributed by atoms with E-state index in [1.165, 1.54) is 11.1 Å². The van der Waals surface area contributed by atoms with Crippen LogP contribution in [0.4, 0.5) is 0 Å². The Hall–Kier alpha value is -0.900. The van der Waals surface area contributed by atoms with Crippen molar-refractivity contribution in [3.63, 3.8) is 0 Å². The molecule has 19 heavy (non-hydrogen) atoms. The molecule has 0 radical (unpaired) electrons. The molecule has 0 amide bonds. The predicted molar refractivity (Wildman–Crippen MR) is 81.3 cm³/mol. The molecule has 1 fully saturated rings. The molecular weight excluding hydrogens is 234 g/mol. The molecule has 1 aromatic carbocycles. The molecule has 1 unspecified atom stereocenters. The molecule has 2 N–H and O–H groups in total. The molecule has 3 nitrogen and oxygen atoms in total. The van der Waals surface area contributed by atoms with Crippen molar-refractivity contribution in [3.8, 4) is 0 Å². The molecule has 0 spiro atoms. The summed E-state index contributed by atoms with van der Waals surface area (Å²) in [7, 11) is 0. The SMILES string of the molecule is CCc1ccc(C(C)N2CCN(CCN)CC2)cc1. The molecule has 1 atom stereocenters. The Morgan fingerprint density at radius 1 is 1.11 bits per heavy atom. The van der Waals surface area contributed by atoms with Gasteiger partial charge in [-0.3, -0.25) is 9.80 Å². The minimum absolute atomic E-state index is 0.519. The van der Waals surface area contributed by atoms with Gasteiger partial charge in [-0.25, -0.2) is 0 Å². The third-order valence-corrected chi connectivity index (χ3v) is 4.27. The van der Waals surface area contributed by atoms with E-state index in [2.05, 4.69) is 47.9 Å². The van der Waals surface area contributed by atoms with Gasteiger partial charge in [-0.1, -0.05) is 31.2 Å². The zero-order chi connectivity index (χ0) is 13.7. The van der Waals surface area contributed by atoms with Gasteiger partial charge in [-0.2, -0.15) is 0 Å². The second-order valence-electron chi connectivity index (χ2n) is 5.44. The highest BCUT2D eigenvalue weighted by atomic mass is 15.3. The van der Waals surface area contributed by atoms with Crippen molar-refractivity contribution in [2.75, 3.05) is 39.3 Å². The molecule has 0 aliphatic carbocycles. The molecule has 3 heteroatoms. The lowest BCUT2D eigenvalue weighted by Crippen LogP contribution is -2.48. The first kappa shape index (κ1) is 14.5. The van der Waals surface area contributed by atoms with Crippen molar-refractivity contribution >= 4 is 0 Å². The van der Waals surface area contributed by atoms with E-state index in [0.717, 1.165) is 45.7 Å². The molecule has 0 saturated carbocycles. The Morgan fingerprint density at radius 2 is 1.74 bits per heavy atom. The maximum Gasteiger partial charge on any atom is 0.0320 e. The highest BCUT2D eigenvalue weighted by molar-refractivity contribution is 5.24. The van der Waals surface area contributed by atoms with Gasteiger partial charge < -0.3 is 5.73 Å². The average Bonchev–Trinajstić information content (AvgIpc) is 2.48. The predicted octanol–water partition coefficient (Wildman–Crippen LogP) is 1.89. The van der Waals surface area contributed by atoms with Crippen LogP contribution in [0.15, 0.2) is 24.3 Å². The summed E-state index contributed by atoms with van der Waals surface area (Å²) in [6.45, 7) is 10.9. The summed E-state index contributed by atoms with van der Waals surface area (Å²) < 4.78 is 0. The molecule has 0 bridgehead atoms. The number of hydrogen-bond donors (Lipinski definition) is 1. The first-order chi connectivity index (χ1) is 9.24. The van der Waals surface area contributed by atoms with Gasteiger partial charge in [0.25, 0.3) is 0 Å². The summed E-state index contributed by atoms with van der Waals surface area (Å²) >= 11 is 0. The van der Waals surface area contributed by atoms with Crippen LogP contribution in [0.25, 0.3) is 0 Å². The maximum absolute atomic E-state index is 5.62. The minimum Gasteiger partial charge on any atom is -0.329 e. The Bertz CT molecular complexity index is 366. The summed E-state index contributed by atoms with van der Waals surface area (Å²) in [5.41, 5.74) is 8.47. The third kappa shape index (κ3) is 3.78. The fraction of sp³-hybridized carbons (Fsp3) is 0.625. The maximum atomic E-state index is 5.62. The Labute approximate surface area is 117 Å². The molecule has 1 aromatic rings. The number of aryl methyl sites for hydroxylation is 1. The molecule has 0 aromatic heterocycles. The zero-order valence-electron chi connectivity index (χ0n) is 12.3. The van der Waals surface area contributed by atoms with Gasteiger partial charge in [-0.15, -0.1) is 0 Å². The minimum atomic E-state index is 0.519. The van der Waals surface area contributed by atoms with Crippen LogP contribution in [-0.4, -0.2) is 49.1 Å². The Balaban J connectivity index is 1.91. The fourth-order valence-corrected chi connectivity index (χ4v) is 2.80. The number of rotatable bonds is 5. The lowest BCUT2D eigenvalue weighted by atomic mass is 10.0. The lowest BCUT2D eigenvalue weighted by Gasteiger charge is -2.38. The molecule has 1 heterocycles. The molecule has 106 valence electrons. The van der Waals surface area contributed by atoms with Gasteiger partial charge in [0.05, 0.1) is 0 Å². The van der Waals surface area contributed by atoms with E-state index in [1.807, 2.05) is 0 Å². The Kier molecular flexibility index (Phi) is 5.37. The summed E-state index contributed by atoms with van der Waals surface area (Å²) in [5.74, 6) is 0. The van der Waals surface area contributed by atoms with E-state index in [0.29, 0.717) is 6.04 Å². The van der Waals surface area contributed by atoms with Crippen molar-refractivity contribution in [2.24, 2.45) is 5.73 Å². The van der Waals surface area contributed by atoms with Gasteiger partial charge >= 0.3 is 0 Å². The van der Waals surface area contributed by atoms with Gasteiger partial charge in [0, 0.05) is 45.3 Å². The van der Waals surface area contributed by atoms with Crippen LogP contribution in [0.3, 0.4) is 0 Å². The number of nitrogens with zero attached hydrogens (tertiary/aromatic N) is 2. The lowest BCUT2D eigenvalue weighted by molar-refractivity contribution is 0.104. The summed E-state index contributed by atoms with van der Waals surface area (Å²) in [6.07, 6.45) is 1.12.